The molecule has 6 nitrogen and oxygen atoms in total. The molecule has 0 aromatic heterocycles. The molecule has 0 spiro atoms. The van der Waals surface area contributed by atoms with Crippen LogP contribution in [-0.4, -0.2) is 35.3 Å². The van der Waals surface area contributed by atoms with Crippen LogP contribution < -0.4 is 5.32 Å². The van der Waals surface area contributed by atoms with Crippen molar-refractivity contribution in [1.82, 2.24) is 5.32 Å². The van der Waals surface area contributed by atoms with E-state index in [1.54, 1.807) is 0 Å². The fourth-order valence-electron chi connectivity index (χ4n) is 1.88. The van der Waals surface area contributed by atoms with E-state index in [1.165, 1.54) is 0 Å². The summed E-state index contributed by atoms with van der Waals surface area (Å²) in [6.45, 7) is 0.325. The highest BCUT2D eigenvalue weighted by atomic mass is 16.6. The number of carbonyl (C=O) groups is 2. The summed E-state index contributed by atoms with van der Waals surface area (Å²) in [5.74, 6) is -1.13. The molecule has 1 aromatic carbocycles. The van der Waals surface area contributed by atoms with E-state index in [4.69, 9.17) is 9.94 Å². The first-order valence-corrected chi connectivity index (χ1v) is 6.44. The summed E-state index contributed by atoms with van der Waals surface area (Å²) in [7, 11) is 0. The van der Waals surface area contributed by atoms with Gasteiger partial charge in [0, 0.05) is 19.4 Å². The molecule has 1 aromatic rings. The van der Waals surface area contributed by atoms with Crippen molar-refractivity contribution in [1.29, 1.82) is 0 Å². The van der Waals surface area contributed by atoms with E-state index in [0.717, 1.165) is 11.3 Å². The van der Waals surface area contributed by atoms with Crippen LogP contribution >= 0.6 is 0 Å². The van der Waals surface area contributed by atoms with Crippen molar-refractivity contribution in [2.75, 3.05) is 6.54 Å². The Morgan fingerprint density at radius 2 is 2.10 bits per heavy atom. The SMILES string of the molecule is O=C(O)CCCNC(=O)C1CC(c2ccccc2)=NO1. The van der Waals surface area contributed by atoms with Gasteiger partial charge in [0.15, 0.2) is 0 Å². The van der Waals surface area contributed by atoms with E-state index in [2.05, 4.69) is 10.5 Å². The second-order valence-electron chi connectivity index (χ2n) is 4.49. The predicted octanol–water partition coefficient (Wildman–Crippen LogP) is 1.16. The summed E-state index contributed by atoms with van der Waals surface area (Å²) in [6.07, 6.45) is 0.238. The summed E-state index contributed by atoms with van der Waals surface area (Å²) in [5.41, 5.74) is 1.69. The highest BCUT2D eigenvalue weighted by Crippen LogP contribution is 2.16. The van der Waals surface area contributed by atoms with Crippen molar-refractivity contribution < 1.29 is 19.5 Å². The fourth-order valence-corrected chi connectivity index (χ4v) is 1.88. The van der Waals surface area contributed by atoms with Gasteiger partial charge in [-0.1, -0.05) is 35.5 Å². The quantitative estimate of drug-likeness (QED) is 0.763. The van der Waals surface area contributed by atoms with Gasteiger partial charge >= 0.3 is 5.97 Å². The van der Waals surface area contributed by atoms with Crippen molar-refractivity contribution in [2.45, 2.75) is 25.4 Å². The minimum absolute atomic E-state index is 0.0393. The molecule has 0 saturated heterocycles. The number of benzene rings is 1. The normalized spacial score (nSPS) is 17.2. The van der Waals surface area contributed by atoms with E-state index < -0.39 is 12.1 Å². The van der Waals surface area contributed by atoms with Crippen molar-refractivity contribution in [3.05, 3.63) is 35.9 Å². The largest absolute Gasteiger partial charge is 0.481 e. The zero-order valence-corrected chi connectivity index (χ0v) is 10.9. The maximum Gasteiger partial charge on any atom is 0.303 e. The Hall–Kier alpha value is -2.37. The van der Waals surface area contributed by atoms with Gasteiger partial charge in [0.25, 0.3) is 5.91 Å². The third-order valence-corrected chi connectivity index (χ3v) is 2.93. The van der Waals surface area contributed by atoms with Crippen LogP contribution in [0.4, 0.5) is 0 Å². The number of aliphatic carboxylic acids is 1. The first-order valence-electron chi connectivity index (χ1n) is 6.44. The van der Waals surface area contributed by atoms with E-state index in [-0.39, 0.29) is 12.3 Å². The Morgan fingerprint density at radius 3 is 2.80 bits per heavy atom. The van der Waals surface area contributed by atoms with Crippen molar-refractivity contribution >= 4 is 17.6 Å². The first kappa shape index (κ1) is 14.0. The van der Waals surface area contributed by atoms with Crippen LogP contribution in [-0.2, 0) is 14.4 Å². The molecule has 2 N–H and O–H groups in total. The van der Waals surface area contributed by atoms with Gasteiger partial charge in [0.2, 0.25) is 6.10 Å². The predicted molar refractivity (Wildman–Crippen MR) is 72.3 cm³/mol. The lowest BCUT2D eigenvalue weighted by atomic mass is 10.0. The van der Waals surface area contributed by atoms with Crippen LogP contribution in [0.3, 0.4) is 0 Å². The van der Waals surface area contributed by atoms with Crippen LogP contribution in [0.1, 0.15) is 24.8 Å². The summed E-state index contributed by atoms with van der Waals surface area (Å²) in [4.78, 5) is 27.3. The standard InChI is InChI=1S/C14H16N2O4/c17-13(18)7-4-8-15-14(19)12-9-11(16-20-12)10-5-2-1-3-6-10/h1-3,5-6,12H,4,7-9H2,(H,15,19)(H,17,18). The van der Waals surface area contributed by atoms with Gasteiger partial charge in [-0.15, -0.1) is 0 Å². The number of hydrogen-bond acceptors (Lipinski definition) is 4. The van der Waals surface area contributed by atoms with E-state index >= 15 is 0 Å². The average Bonchev–Trinajstić information content (AvgIpc) is 2.94. The molecule has 0 saturated carbocycles. The third-order valence-electron chi connectivity index (χ3n) is 2.93. The Labute approximate surface area is 116 Å². The highest BCUT2D eigenvalue weighted by Gasteiger charge is 2.28. The second kappa shape index (κ2) is 6.70. The molecule has 1 heterocycles. The van der Waals surface area contributed by atoms with E-state index in [9.17, 15) is 9.59 Å². The molecular weight excluding hydrogens is 260 g/mol. The minimum atomic E-state index is -0.869. The molecule has 106 valence electrons. The monoisotopic (exact) mass is 276 g/mol. The third kappa shape index (κ3) is 3.81. The number of carbonyl (C=O) groups excluding carboxylic acids is 1. The molecule has 1 aliphatic rings. The van der Waals surface area contributed by atoms with Crippen LogP contribution in [0.15, 0.2) is 35.5 Å². The minimum Gasteiger partial charge on any atom is -0.481 e. The average molecular weight is 276 g/mol. The molecule has 2 rings (SSSR count). The Kier molecular flexibility index (Phi) is 4.70. The first-order chi connectivity index (χ1) is 9.66. The molecule has 1 aliphatic heterocycles. The Morgan fingerprint density at radius 1 is 1.35 bits per heavy atom. The highest BCUT2D eigenvalue weighted by molar-refractivity contribution is 6.04. The number of amides is 1. The van der Waals surface area contributed by atoms with Gasteiger partial charge in [0.05, 0.1) is 5.71 Å². The Bertz CT molecular complexity index is 513. The smallest absolute Gasteiger partial charge is 0.303 e. The lowest BCUT2D eigenvalue weighted by Crippen LogP contribution is -2.35. The maximum absolute atomic E-state index is 11.8. The second-order valence-corrected chi connectivity index (χ2v) is 4.49. The molecule has 6 heteroatoms. The van der Waals surface area contributed by atoms with Gasteiger partial charge in [-0.05, 0) is 12.0 Å². The summed E-state index contributed by atoms with van der Waals surface area (Å²) >= 11 is 0. The lowest BCUT2D eigenvalue weighted by Gasteiger charge is -2.08. The number of nitrogens with zero attached hydrogens (tertiary/aromatic N) is 1. The maximum atomic E-state index is 11.8. The molecule has 1 unspecified atom stereocenters. The molecule has 1 atom stereocenters. The van der Waals surface area contributed by atoms with E-state index in [1.807, 2.05) is 30.3 Å². The molecule has 20 heavy (non-hydrogen) atoms. The summed E-state index contributed by atoms with van der Waals surface area (Å²) in [5, 5.41) is 15.1. The number of carboxylic acid groups (broad SMARTS) is 1. The molecular formula is C14H16N2O4. The number of nitrogens with one attached hydrogen (secondary N) is 1. The van der Waals surface area contributed by atoms with Crippen molar-refractivity contribution in [3.8, 4) is 0 Å². The van der Waals surface area contributed by atoms with Crippen molar-refractivity contribution in [2.24, 2.45) is 5.16 Å². The van der Waals surface area contributed by atoms with Gasteiger partial charge < -0.3 is 15.3 Å². The van der Waals surface area contributed by atoms with Crippen LogP contribution in [0.5, 0.6) is 0 Å². The summed E-state index contributed by atoms with van der Waals surface area (Å²) < 4.78 is 0. The molecule has 0 radical (unpaired) electrons. The Balaban J connectivity index is 1.77. The van der Waals surface area contributed by atoms with Crippen molar-refractivity contribution in [3.63, 3.8) is 0 Å². The molecule has 0 fully saturated rings. The van der Waals surface area contributed by atoms with Crippen LogP contribution in [0.2, 0.25) is 0 Å². The van der Waals surface area contributed by atoms with Gasteiger partial charge in [0.1, 0.15) is 0 Å². The molecule has 1 amide bonds. The number of rotatable bonds is 6. The van der Waals surface area contributed by atoms with Gasteiger partial charge in [-0.3, -0.25) is 9.59 Å². The van der Waals surface area contributed by atoms with Crippen LogP contribution in [0.25, 0.3) is 0 Å². The van der Waals surface area contributed by atoms with Gasteiger partial charge in [-0.25, -0.2) is 0 Å². The number of oxime groups is 1. The molecule has 0 bridgehead atoms. The van der Waals surface area contributed by atoms with E-state index in [0.29, 0.717) is 19.4 Å². The zero-order valence-electron chi connectivity index (χ0n) is 10.9. The fraction of sp³-hybridized carbons (Fsp3) is 0.357. The number of carboxylic acids is 1. The van der Waals surface area contributed by atoms with Crippen LogP contribution in [0, 0.1) is 0 Å². The molecule has 0 aliphatic carbocycles. The summed E-state index contributed by atoms with van der Waals surface area (Å²) in [6, 6.07) is 9.53. The zero-order chi connectivity index (χ0) is 14.4. The number of hydrogen-bond donors (Lipinski definition) is 2. The lowest BCUT2D eigenvalue weighted by molar-refractivity contribution is -0.137. The topological polar surface area (TPSA) is 88.0 Å². The van der Waals surface area contributed by atoms with Gasteiger partial charge in [-0.2, -0.15) is 0 Å².